The quantitative estimate of drug-likeness (QED) is 0.365. The smallest absolute Gasteiger partial charge is 0.340 e. The van der Waals surface area contributed by atoms with E-state index < -0.39 is 17.4 Å². The normalized spacial score (nSPS) is 10.8. The summed E-state index contributed by atoms with van der Waals surface area (Å²) in [5, 5.41) is 5.82. The van der Waals surface area contributed by atoms with E-state index in [2.05, 4.69) is 15.6 Å². The summed E-state index contributed by atoms with van der Waals surface area (Å²) < 4.78 is 6.20. The Balaban J connectivity index is 1.57. The van der Waals surface area contributed by atoms with Crippen LogP contribution in [0.1, 0.15) is 38.1 Å². The van der Waals surface area contributed by atoms with Gasteiger partial charge in [0.2, 0.25) is 5.91 Å². The van der Waals surface area contributed by atoms with Crippen molar-refractivity contribution in [2.75, 3.05) is 17.2 Å². The van der Waals surface area contributed by atoms with E-state index in [0.717, 1.165) is 16.9 Å². The lowest BCUT2D eigenvalue weighted by atomic mass is 10.1. The predicted molar refractivity (Wildman–Crippen MR) is 139 cm³/mol. The lowest BCUT2D eigenvalue weighted by Crippen LogP contribution is -2.28. The molecule has 0 radical (unpaired) electrons. The highest BCUT2D eigenvalue weighted by molar-refractivity contribution is 7.20. The van der Waals surface area contributed by atoms with Gasteiger partial charge in [-0.2, -0.15) is 0 Å². The summed E-state index contributed by atoms with van der Waals surface area (Å²) in [4.78, 5) is 56.1. The summed E-state index contributed by atoms with van der Waals surface area (Å²) >= 11 is 1.12. The van der Waals surface area contributed by atoms with Gasteiger partial charge in [0.15, 0.2) is 0 Å². The first-order valence-electron chi connectivity index (χ1n) is 11.2. The number of rotatable bonds is 7. The zero-order valence-corrected chi connectivity index (χ0v) is 20.8. The monoisotopic (exact) mass is 504 g/mol. The molecule has 2 amide bonds. The van der Waals surface area contributed by atoms with Gasteiger partial charge in [-0.15, -0.1) is 11.3 Å². The largest absolute Gasteiger partial charge is 0.462 e. The van der Waals surface area contributed by atoms with Gasteiger partial charge in [-0.1, -0.05) is 30.3 Å². The van der Waals surface area contributed by atoms with Crippen molar-refractivity contribution in [2.45, 2.75) is 27.3 Å². The topological polar surface area (TPSA) is 119 Å². The van der Waals surface area contributed by atoms with E-state index in [1.54, 1.807) is 44.2 Å². The summed E-state index contributed by atoms with van der Waals surface area (Å²) in [6, 6.07) is 13.9. The number of fused-ring (bicyclic) bond motifs is 1. The number of benzene rings is 2. The number of hydrogen-bond acceptors (Lipinski definition) is 7. The number of para-hydroxylation sites is 2. The number of carbonyl (C=O) groups is 3. The van der Waals surface area contributed by atoms with Crippen LogP contribution in [0.15, 0.2) is 59.7 Å². The molecule has 2 aromatic heterocycles. The minimum Gasteiger partial charge on any atom is -0.462 e. The number of nitrogens with zero attached hydrogens (tertiary/aromatic N) is 2. The first-order valence-corrected chi connectivity index (χ1v) is 12.0. The van der Waals surface area contributed by atoms with Crippen LogP contribution in [0.2, 0.25) is 0 Å². The van der Waals surface area contributed by atoms with Gasteiger partial charge in [-0.25, -0.2) is 9.78 Å². The Morgan fingerprint density at radius 1 is 1.00 bits per heavy atom. The van der Waals surface area contributed by atoms with Crippen LogP contribution in [0.4, 0.5) is 11.4 Å². The van der Waals surface area contributed by atoms with Crippen LogP contribution in [-0.2, 0) is 16.1 Å². The Hall–Kier alpha value is -4.31. The fourth-order valence-electron chi connectivity index (χ4n) is 3.70. The summed E-state index contributed by atoms with van der Waals surface area (Å²) in [5.41, 5.74) is 2.17. The molecular weight excluding hydrogens is 480 g/mol. The van der Waals surface area contributed by atoms with E-state index in [0.29, 0.717) is 21.0 Å². The van der Waals surface area contributed by atoms with Crippen molar-refractivity contribution in [3.05, 3.63) is 86.8 Å². The molecule has 0 unspecified atom stereocenters. The number of amides is 2. The Labute approximate surface area is 210 Å². The number of ether oxygens (including phenoxy) is 1. The Morgan fingerprint density at radius 3 is 2.42 bits per heavy atom. The molecule has 0 atom stereocenters. The van der Waals surface area contributed by atoms with Crippen molar-refractivity contribution in [3.63, 3.8) is 0 Å². The maximum Gasteiger partial charge on any atom is 0.340 e. The second-order valence-corrected chi connectivity index (χ2v) is 9.00. The number of nitrogens with one attached hydrogen (secondary N) is 2. The Bertz CT molecular complexity index is 1540. The molecule has 0 fully saturated rings. The molecule has 10 heteroatoms. The third-order valence-corrected chi connectivity index (χ3v) is 6.73. The molecule has 2 aromatic carbocycles. The number of hydrogen-bond donors (Lipinski definition) is 2. The molecule has 0 aliphatic heterocycles. The third kappa shape index (κ3) is 5.03. The van der Waals surface area contributed by atoms with Crippen LogP contribution in [-0.4, -0.2) is 33.9 Å². The average molecular weight is 505 g/mol. The Kier molecular flexibility index (Phi) is 7.25. The van der Waals surface area contributed by atoms with Crippen molar-refractivity contribution >= 4 is 50.7 Å². The highest BCUT2D eigenvalue weighted by atomic mass is 32.1. The number of aromatic nitrogens is 2. The van der Waals surface area contributed by atoms with Crippen LogP contribution in [0, 0.1) is 13.8 Å². The molecule has 0 spiro atoms. The average Bonchev–Trinajstić information content (AvgIpc) is 3.20. The molecule has 9 nitrogen and oxygen atoms in total. The maximum absolute atomic E-state index is 13.2. The molecule has 2 heterocycles. The second kappa shape index (κ2) is 10.5. The molecule has 2 N–H and O–H groups in total. The molecule has 0 saturated carbocycles. The van der Waals surface area contributed by atoms with Gasteiger partial charge < -0.3 is 15.4 Å². The van der Waals surface area contributed by atoms with E-state index in [9.17, 15) is 19.2 Å². The Morgan fingerprint density at radius 2 is 1.69 bits per heavy atom. The van der Waals surface area contributed by atoms with Crippen molar-refractivity contribution in [1.29, 1.82) is 0 Å². The minimum absolute atomic E-state index is 0.202. The lowest BCUT2D eigenvalue weighted by Gasteiger charge is -2.11. The minimum atomic E-state index is -0.556. The van der Waals surface area contributed by atoms with Crippen molar-refractivity contribution in [2.24, 2.45) is 0 Å². The summed E-state index contributed by atoms with van der Waals surface area (Å²) in [5.74, 6) is -1.40. The number of aryl methyl sites for hydroxylation is 2. The van der Waals surface area contributed by atoms with E-state index in [1.807, 2.05) is 25.1 Å². The fourth-order valence-corrected chi connectivity index (χ4v) is 4.74. The van der Waals surface area contributed by atoms with Crippen molar-refractivity contribution < 1.29 is 19.1 Å². The molecule has 0 saturated heterocycles. The molecule has 4 aromatic rings. The van der Waals surface area contributed by atoms with Crippen LogP contribution in [0.3, 0.4) is 0 Å². The molecule has 184 valence electrons. The summed E-state index contributed by atoms with van der Waals surface area (Å²) in [6.45, 7) is 5.16. The second-order valence-electron chi connectivity index (χ2n) is 8.00. The predicted octanol–water partition coefficient (Wildman–Crippen LogP) is 4.14. The molecule has 0 bridgehead atoms. The van der Waals surface area contributed by atoms with E-state index in [-0.39, 0.29) is 35.7 Å². The lowest BCUT2D eigenvalue weighted by molar-refractivity contribution is -0.116. The van der Waals surface area contributed by atoms with E-state index in [1.165, 1.54) is 10.9 Å². The van der Waals surface area contributed by atoms with Gasteiger partial charge in [0.25, 0.3) is 11.5 Å². The number of anilines is 2. The fraction of sp³-hybridized carbons (Fsp3) is 0.192. The van der Waals surface area contributed by atoms with Gasteiger partial charge in [-0.3, -0.25) is 19.0 Å². The summed E-state index contributed by atoms with van der Waals surface area (Å²) in [6.07, 6.45) is 1.28. The molecule has 0 aliphatic rings. The van der Waals surface area contributed by atoms with Gasteiger partial charge in [0, 0.05) is 5.69 Å². The van der Waals surface area contributed by atoms with Gasteiger partial charge >= 0.3 is 5.97 Å². The first kappa shape index (κ1) is 24.8. The van der Waals surface area contributed by atoms with Gasteiger partial charge in [0.1, 0.15) is 11.4 Å². The molecule has 4 rings (SSSR count). The highest BCUT2D eigenvalue weighted by Gasteiger charge is 2.21. The summed E-state index contributed by atoms with van der Waals surface area (Å²) in [7, 11) is 0. The van der Waals surface area contributed by atoms with Crippen LogP contribution < -0.4 is 16.2 Å². The van der Waals surface area contributed by atoms with Crippen LogP contribution >= 0.6 is 11.3 Å². The maximum atomic E-state index is 13.2. The number of carbonyl (C=O) groups excluding carboxylic acids is 3. The zero-order valence-electron chi connectivity index (χ0n) is 20.0. The van der Waals surface area contributed by atoms with Crippen LogP contribution in [0.5, 0.6) is 0 Å². The van der Waals surface area contributed by atoms with Gasteiger partial charge in [-0.05, 0) is 50.1 Å². The standard InChI is InChI=1S/C26H24N4O5S/c1-4-35-26(34)17-10-6-8-12-19(17)28-20(31)13-30-14-27-24-21(25(30)33)16(3)22(36-24)23(32)29-18-11-7-5-9-15(18)2/h5-12,14H,4,13H2,1-3H3,(H,28,31)(H,29,32). The van der Waals surface area contributed by atoms with E-state index in [4.69, 9.17) is 4.74 Å². The zero-order chi connectivity index (χ0) is 25.8. The van der Waals surface area contributed by atoms with Gasteiger partial charge in [0.05, 0.1) is 34.4 Å². The van der Waals surface area contributed by atoms with E-state index >= 15 is 0 Å². The molecule has 0 aliphatic carbocycles. The van der Waals surface area contributed by atoms with Crippen LogP contribution in [0.25, 0.3) is 10.2 Å². The third-order valence-electron chi connectivity index (χ3n) is 5.53. The molecule has 36 heavy (non-hydrogen) atoms. The highest BCUT2D eigenvalue weighted by Crippen LogP contribution is 2.28. The number of thiophene rings is 1. The number of esters is 1. The van der Waals surface area contributed by atoms with Crippen molar-refractivity contribution in [1.82, 2.24) is 9.55 Å². The SMILES string of the molecule is CCOC(=O)c1ccccc1NC(=O)Cn1cnc2sc(C(=O)Nc3ccccc3C)c(C)c2c1=O. The first-order chi connectivity index (χ1) is 17.3. The van der Waals surface area contributed by atoms with Crippen molar-refractivity contribution in [3.8, 4) is 0 Å². The molecular formula is C26H24N4O5S.